The summed E-state index contributed by atoms with van der Waals surface area (Å²) in [6, 6.07) is 6.68. The van der Waals surface area contributed by atoms with Crippen molar-refractivity contribution < 1.29 is 59.7 Å². The number of nitrogens with zero attached hydrogens (tertiary/aromatic N) is 1. The monoisotopic (exact) mass is 675 g/mol. The van der Waals surface area contributed by atoms with Crippen molar-refractivity contribution in [3.05, 3.63) is 112 Å². The van der Waals surface area contributed by atoms with Gasteiger partial charge in [0, 0.05) is 17.8 Å². The van der Waals surface area contributed by atoms with Crippen LogP contribution in [0.2, 0.25) is 5.02 Å². The minimum absolute atomic E-state index is 0.00531. The van der Waals surface area contributed by atoms with Crippen molar-refractivity contribution in [2.24, 2.45) is 0 Å². The van der Waals surface area contributed by atoms with E-state index in [-0.39, 0.29) is 35.9 Å². The molecule has 9 nitrogen and oxygen atoms in total. The van der Waals surface area contributed by atoms with Gasteiger partial charge in [-0.2, -0.15) is 30.7 Å². The average molecular weight is 676 g/mol. The molecular formula is C29H21ClF7N3O6. The number of carboxylic acid groups (broad SMARTS) is 1. The normalized spacial score (nSPS) is 16.6. The minimum atomic E-state index is -4.88. The van der Waals surface area contributed by atoms with Crippen molar-refractivity contribution in [1.29, 1.82) is 0 Å². The molecule has 1 aliphatic carbocycles. The van der Waals surface area contributed by atoms with Crippen molar-refractivity contribution >= 4 is 35.2 Å². The number of hydrogen-bond acceptors (Lipinski definition) is 5. The summed E-state index contributed by atoms with van der Waals surface area (Å²) in [5.74, 6) is -12.6. The highest BCUT2D eigenvalue weighted by Crippen LogP contribution is 2.47. The first-order chi connectivity index (χ1) is 21.5. The van der Waals surface area contributed by atoms with Crippen LogP contribution in [0.1, 0.15) is 27.9 Å². The summed E-state index contributed by atoms with van der Waals surface area (Å²) in [5.41, 5.74) is -2.55. The first-order valence-corrected chi connectivity index (χ1v) is 13.3. The van der Waals surface area contributed by atoms with Gasteiger partial charge in [-0.25, -0.2) is 4.79 Å². The molecule has 0 atom stereocenters. The molecule has 0 fully saturated rings. The molecule has 4 rings (SSSR count). The summed E-state index contributed by atoms with van der Waals surface area (Å²) in [7, 11) is 0. The molecule has 0 bridgehead atoms. The van der Waals surface area contributed by atoms with E-state index < -0.39 is 70.3 Å². The number of aliphatic carboxylic acids is 1. The number of alkyl halides is 7. The molecule has 0 saturated carbocycles. The number of allylic oxidation sites excluding steroid dienone is 4. The van der Waals surface area contributed by atoms with Gasteiger partial charge in [0.15, 0.2) is 12.0 Å². The van der Waals surface area contributed by atoms with E-state index in [1.807, 2.05) is 0 Å². The number of benzene rings is 2. The third-order valence-corrected chi connectivity index (χ3v) is 6.69. The Bertz CT molecular complexity index is 1650. The molecule has 2 aromatic carbocycles. The molecule has 0 aromatic heterocycles. The standard InChI is InChI=1S/C29H21ClF7N3O6/c30-21-8-7-18(12-20(21)29(35,36)37)39-26(44)40(13-16-3-5-17(6-4-16)25(43)38-11-9-24(41)42)23-15-45-14-22(46-23)19-2-1-10-27(31,32)28(19,33)34/h1-8,10,12,14-15H,9,11,13H2,(H,38,43)(H,39,44)(H,41,42). The van der Waals surface area contributed by atoms with E-state index in [9.17, 15) is 45.1 Å². The van der Waals surface area contributed by atoms with Crippen molar-refractivity contribution in [3.8, 4) is 0 Å². The Balaban J connectivity index is 1.61. The van der Waals surface area contributed by atoms with Gasteiger partial charge in [0.1, 0.15) is 6.26 Å². The maximum Gasteiger partial charge on any atom is 0.417 e. The Morgan fingerprint density at radius 1 is 1.00 bits per heavy atom. The number of ether oxygens (including phenoxy) is 2. The van der Waals surface area contributed by atoms with Crippen LogP contribution < -0.4 is 10.6 Å². The lowest BCUT2D eigenvalue weighted by Crippen LogP contribution is -2.43. The van der Waals surface area contributed by atoms with Gasteiger partial charge in [-0.1, -0.05) is 29.8 Å². The van der Waals surface area contributed by atoms with Crippen molar-refractivity contribution in [3.63, 3.8) is 0 Å². The van der Waals surface area contributed by atoms with Crippen LogP contribution in [0.3, 0.4) is 0 Å². The van der Waals surface area contributed by atoms with E-state index in [1.165, 1.54) is 24.3 Å². The topological polar surface area (TPSA) is 117 Å². The number of carbonyl (C=O) groups is 3. The molecule has 1 heterocycles. The molecule has 0 saturated heterocycles. The number of carboxylic acids is 1. The average Bonchev–Trinajstić information content (AvgIpc) is 2.97. The molecule has 244 valence electrons. The third kappa shape index (κ3) is 7.62. The van der Waals surface area contributed by atoms with Crippen molar-refractivity contribution in [2.45, 2.75) is 31.0 Å². The summed E-state index contributed by atoms with van der Waals surface area (Å²) >= 11 is 5.64. The van der Waals surface area contributed by atoms with E-state index in [0.29, 0.717) is 29.4 Å². The predicted octanol–water partition coefficient (Wildman–Crippen LogP) is 7.05. The number of nitrogens with one attached hydrogen (secondary N) is 2. The lowest BCUT2D eigenvalue weighted by Gasteiger charge is -2.32. The number of carbonyl (C=O) groups excluding carboxylic acids is 2. The summed E-state index contributed by atoms with van der Waals surface area (Å²) in [6.45, 7) is -0.621. The fraction of sp³-hybridized carbons (Fsp3) is 0.207. The van der Waals surface area contributed by atoms with Gasteiger partial charge in [0.05, 0.1) is 29.1 Å². The zero-order valence-electron chi connectivity index (χ0n) is 23.0. The minimum Gasteiger partial charge on any atom is -0.481 e. The number of amides is 3. The fourth-order valence-electron chi connectivity index (χ4n) is 4.03. The van der Waals surface area contributed by atoms with Crippen LogP contribution in [0, 0.1) is 0 Å². The largest absolute Gasteiger partial charge is 0.481 e. The van der Waals surface area contributed by atoms with Gasteiger partial charge in [-0.3, -0.25) is 14.5 Å². The first kappa shape index (κ1) is 33.9. The van der Waals surface area contributed by atoms with Crippen LogP contribution in [0.15, 0.2) is 90.4 Å². The van der Waals surface area contributed by atoms with Crippen LogP contribution in [0.5, 0.6) is 0 Å². The maximum atomic E-state index is 14.6. The SMILES string of the molecule is O=C(O)CCNC(=O)c1ccc(CN(C(=O)Nc2ccc(Cl)c(C(F)(F)F)c2)C2=COC=C(C3=CC=CC(F)(F)C3(F)F)O2)cc1. The number of rotatable bonds is 9. The Morgan fingerprint density at radius 2 is 1.70 bits per heavy atom. The highest BCUT2D eigenvalue weighted by atomic mass is 35.5. The fourth-order valence-corrected chi connectivity index (χ4v) is 4.26. The maximum absolute atomic E-state index is 14.6. The smallest absolute Gasteiger partial charge is 0.417 e. The molecule has 46 heavy (non-hydrogen) atoms. The summed E-state index contributed by atoms with van der Waals surface area (Å²) in [5, 5.41) is 12.7. The first-order valence-electron chi connectivity index (χ1n) is 12.9. The van der Waals surface area contributed by atoms with Crippen molar-refractivity contribution in [1.82, 2.24) is 10.2 Å². The quantitative estimate of drug-likeness (QED) is 0.245. The van der Waals surface area contributed by atoms with Crippen LogP contribution in [0.4, 0.5) is 41.2 Å². The van der Waals surface area contributed by atoms with Gasteiger partial charge in [0.2, 0.25) is 5.88 Å². The summed E-state index contributed by atoms with van der Waals surface area (Å²) in [6.07, 6.45) is -2.50. The number of hydrogen-bond donors (Lipinski definition) is 3. The zero-order chi connectivity index (χ0) is 33.9. The number of urea groups is 1. The molecule has 3 N–H and O–H groups in total. The van der Waals surface area contributed by atoms with E-state index >= 15 is 0 Å². The van der Waals surface area contributed by atoms with Gasteiger partial charge in [-0.15, -0.1) is 0 Å². The number of halogens is 8. The van der Waals surface area contributed by atoms with Crippen LogP contribution in [-0.4, -0.2) is 46.3 Å². The van der Waals surface area contributed by atoms with E-state index in [1.54, 1.807) is 0 Å². The molecule has 0 unspecified atom stereocenters. The van der Waals surface area contributed by atoms with E-state index in [0.717, 1.165) is 18.4 Å². The molecule has 1 aliphatic heterocycles. The second kappa shape index (κ2) is 13.2. The second-order valence-corrected chi connectivity index (χ2v) is 10.0. The Hall–Kier alpha value is -4.99. The van der Waals surface area contributed by atoms with Crippen LogP contribution in [-0.2, 0) is 27.0 Å². The van der Waals surface area contributed by atoms with Crippen molar-refractivity contribution in [2.75, 3.05) is 11.9 Å². The third-order valence-electron chi connectivity index (χ3n) is 6.36. The van der Waals surface area contributed by atoms with Gasteiger partial charge >= 0.3 is 30.0 Å². The molecule has 2 aliphatic rings. The lowest BCUT2D eigenvalue weighted by molar-refractivity contribution is -0.156. The summed E-state index contributed by atoms with van der Waals surface area (Å²) < 4.78 is 108. The molecule has 3 amide bonds. The Morgan fingerprint density at radius 3 is 2.35 bits per heavy atom. The van der Waals surface area contributed by atoms with E-state index in [4.69, 9.17) is 26.2 Å². The van der Waals surface area contributed by atoms with E-state index in [2.05, 4.69) is 10.6 Å². The molecule has 17 heteroatoms. The highest BCUT2D eigenvalue weighted by molar-refractivity contribution is 6.31. The van der Waals surface area contributed by atoms with Gasteiger partial charge in [-0.05, 0) is 48.0 Å². The van der Waals surface area contributed by atoms with Gasteiger partial charge in [0.25, 0.3) is 5.91 Å². The molecule has 2 aromatic rings. The van der Waals surface area contributed by atoms with Crippen LogP contribution in [0.25, 0.3) is 0 Å². The Labute approximate surface area is 260 Å². The predicted molar refractivity (Wildman–Crippen MR) is 147 cm³/mol. The second-order valence-electron chi connectivity index (χ2n) is 9.62. The zero-order valence-corrected chi connectivity index (χ0v) is 23.8. The molecule has 0 radical (unpaired) electrons. The van der Waals surface area contributed by atoms with Gasteiger partial charge < -0.3 is 25.2 Å². The number of anilines is 1. The summed E-state index contributed by atoms with van der Waals surface area (Å²) in [4.78, 5) is 37.1. The molecule has 0 spiro atoms. The lowest BCUT2D eigenvalue weighted by atomic mass is 9.95. The molecular weight excluding hydrogens is 655 g/mol. The van der Waals surface area contributed by atoms with Crippen LogP contribution >= 0.6 is 11.6 Å². The Kier molecular flexibility index (Phi) is 9.70. The highest BCUT2D eigenvalue weighted by Gasteiger charge is 2.59.